The van der Waals surface area contributed by atoms with Crippen LogP contribution in [0.2, 0.25) is 10.0 Å². The van der Waals surface area contributed by atoms with Gasteiger partial charge in [-0.1, -0.05) is 35.3 Å². The molecule has 1 aliphatic heterocycles. The zero-order valence-electron chi connectivity index (χ0n) is 9.62. The minimum atomic E-state index is 0.404. The lowest BCUT2D eigenvalue weighted by molar-refractivity contribution is 0.643. The van der Waals surface area contributed by atoms with Gasteiger partial charge in [0.1, 0.15) is 5.01 Å². The third kappa shape index (κ3) is 2.28. The quantitative estimate of drug-likeness (QED) is 0.880. The molecular weight excluding hydrogens is 287 g/mol. The van der Waals surface area contributed by atoms with Crippen LogP contribution < -0.4 is 5.32 Å². The van der Waals surface area contributed by atoms with E-state index in [1.54, 1.807) is 17.4 Å². The highest BCUT2D eigenvalue weighted by atomic mass is 35.5. The van der Waals surface area contributed by atoms with Gasteiger partial charge in [0.25, 0.3) is 0 Å². The summed E-state index contributed by atoms with van der Waals surface area (Å²) >= 11 is 13.9. The summed E-state index contributed by atoms with van der Waals surface area (Å²) in [6.07, 6.45) is 2.38. The minimum Gasteiger partial charge on any atom is -0.308 e. The SMILES string of the molecule is Clc1cccc(-c2csc(C3CCCN3)n2)c1Cl. The molecule has 2 nitrogen and oxygen atoms in total. The van der Waals surface area contributed by atoms with Crippen LogP contribution in [0.3, 0.4) is 0 Å². The number of hydrogen-bond acceptors (Lipinski definition) is 3. The van der Waals surface area contributed by atoms with Crippen molar-refractivity contribution >= 4 is 34.5 Å². The number of aromatic nitrogens is 1. The zero-order valence-corrected chi connectivity index (χ0v) is 11.9. The minimum absolute atomic E-state index is 0.404. The van der Waals surface area contributed by atoms with Crippen molar-refractivity contribution in [2.24, 2.45) is 0 Å². The summed E-state index contributed by atoms with van der Waals surface area (Å²) in [6.45, 7) is 1.08. The van der Waals surface area contributed by atoms with Gasteiger partial charge in [-0.3, -0.25) is 0 Å². The smallest absolute Gasteiger partial charge is 0.110 e. The maximum absolute atomic E-state index is 6.21. The zero-order chi connectivity index (χ0) is 12.5. The molecule has 0 spiro atoms. The van der Waals surface area contributed by atoms with E-state index >= 15 is 0 Å². The van der Waals surface area contributed by atoms with Crippen LogP contribution in [0.1, 0.15) is 23.9 Å². The Labute approximate surface area is 120 Å². The first kappa shape index (κ1) is 12.4. The second-order valence-electron chi connectivity index (χ2n) is 4.32. The van der Waals surface area contributed by atoms with Crippen molar-refractivity contribution in [3.05, 3.63) is 38.6 Å². The number of nitrogens with zero attached hydrogens (tertiary/aromatic N) is 1. The monoisotopic (exact) mass is 298 g/mol. The summed E-state index contributed by atoms with van der Waals surface area (Å²) in [5.74, 6) is 0. The summed E-state index contributed by atoms with van der Waals surface area (Å²) in [4.78, 5) is 4.68. The van der Waals surface area contributed by atoms with Crippen molar-refractivity contribution in [2.75, 3.05) is 6.54 Å². The average Bonchev–Trinajstić information content (AvgIpc) is 3.01. The molecule has 0 radical (unpaired) electrons. The van der Waals surface area contributed by atoms with Crippen molar-refractivity contribution in [2.45, 2.75) is 18.9 Å². The van der Waals surface area contributed by atoms with Crippen LogP contribution in [-0.4, -0.2) is 11.5 Å². The third-order valence-electron chi connectivity index (χ3n) is 3.11. The molecule has 1 aromatic heterocycles. The molecule has 1 atom stereocenters. The summed E-state index contributed by atoms with van der Waals surface area (Å²) in [5.41, 5.74) is 1.82. The molecule has 0 aliphatic carbocycles. The van der Waals surface area contributed by atoms with Gasteiger partial charge in [0.2, 0.25) is 0 Å². The van der Waals surface area contributed by atoms with E-state index in [1.807, 2.05) is 17.5 Å². The lowest BCUT2D eigenvalue weighted by Gasteiger charge is -2.05. The van der Waals surface area contributed by atoms with Crippen LogP contribution in [0.15, 0.2) is 23.6 Å². The molecule has 5 heteroatoms. The van der Waals surface area contributed by atoms with E-state index in [0.717, 1.165) is 29.2 Å². The van der Waals surface area contributed by atoms with Crippen molar-refractivity contribution < 1.29 is 0 Å². The van der Waals surface area contributed by atoms with Gasteiger partial charge in [0, 0.05) is 10.9 Å². The molecular formula is C13H12Cl2N2S. The number of nitrogens with one attached hydrogen (secondary N) is 1. The fraction of sp³-hybridized carbons (Fsp3) is 0.308. The van der Waals surface area contributed by atoms with E-state index in [9.17, 15) is 0 Å². The Morgan fingerprint density at radius 1 is 1.33 bits per heavy atom. The second kappa shape index (κ2) is 5.17. The van der Waals surface area contributed by atoms with Crippen LogP contribution >= 0.6 is 34.5 Å². The van der Waals surface area contributed by atoms with Crippen LogP contribution in [0.25, 0.3) is 11.3 Å². The molecule has 1 aromatic carbocycles. The van der Waals surface area contributed by atoms with Gasteiger partial charge in [-0.2, -0.15) is 0 Å². The first-order valence-electron chi connectivity index (χ1n) is 5.89. The summed E-state index contributed by atoms with van der Waals surface area (Å²) in [5, 5.41) is 7.79. The first-order valence-corrected chi connectivity index (χ1v) is 7.52. The van der Waals surface area contributed by atoms with Gasteiger partial charge >= 0.3 is 0 Å². The molecule has 1 N–H and O–H groups in total. The summed E-state index contributed by atoms with van der Waals surface area (Å²) in [6, 6.07) is 6.05. The van der Waals surface area contributed by atoms with E-state index in [-0.39, 0.29) is 0 Å². The third-order valence-corrected chi connectivity index (χ3v) is 4.89. The fourth-order valence-corrected chi connectivity index (χ4v) is 3.49. The number of thiazole rings is 1. The molecule has 2 aromatic rings. The largest absolute Gasteiger partial charge is 0.308 e. The van der Waals surface area contributed by atoms with Crippen LogP contribution in [0, 0.1) is 0 Å². The molecule has 1 unspecified atom stereocenters. The highest BCUT2D eigenvalue weighted by Gasteiger charge is 2.20. The molecule has 2 heterocycles. The normalized spacial score (nSPS) is 19.3. The molecule has 18 heavy (non-hydrogen) atoms. The van der Waals surface area contributed by atoms with Crippen LogP contribution in [-0.2, 0) is 0 Å². The van der Waals surface area contributed by atoms with Crippen molar-refractivity contribution in [3.63, 3.8) is 0 Å². The highest BCUT2D eigenvalue weighted by molar-refractivity contribution is 7.10. The van der Waals surface area contributed by atoms with E-state index in [2.05, 4.69) is 10.3 Å². The molecule has 0 amide bonds. The van der Waals surface area contributed by atoms with E-state index in [1.165, 1.54) is 6.42 Å². The van der Waals surface area contributed by atoms with Crippen molar-refractivity contribution in [1.82, 2.24) is 10.3 Å². The Balaban J connectivity index is 1.95. The second-order valence-corrected chi connectivity index (χ2v) is 6.00. The topological polar surface area (TPSA) is 24.9 Å². The van der Waals surface area contributed by atoms with Gasteiger partial charge in [0.05, 0.1) is 21.8 Å². The Morgan fingerprint density at radius 2 is 2.22 bits per heavy atom. The average molecular weight is 299 g/mol. The highest BCUT2D eigenvalue weighted by Crippen LogP contribution is 2.35. The standard InChI is InChI=1S/C13H12Cl2N2S/c14-9-4-1-3-8(12(9)15)11-7-18-13(17-11)10-5-2-6-16-10/h1,3-4,7,10,16H,2,5-6H2. The summed E-state index contributed by atoms with van der Waals surface area (Å²) in [7, 11) is 0. The van der Waals surface area contributed by atoms with Crippen molar-refractivity contribution in [3.8, 4) is 11.3 Å². The predicted octanol–water partition coefficient (Wildman–Crippen LogP) is 4.54. The summed E-state index contributed by atoms with van der Waals surface area (Å²) < 4.78 is 0. The first-order chi connectivity index (χ1) is 8.75. The maximum atomic E-state index is 6.21. The maximum Gasteiger partial charge on any atom is 0.110 e. The number of halogens is 2. The Bertz CT molecular complexity index is 562. The van der Waals surface area contributed by atoms with Crippen LogP contribution in [0.5, 0.6) is 0 Å². The van der Waals surface area contributed by atoms with Gasteiger partial charge in [-0.05, 0) is 25.5 Å². The van der Waals surface area contributed by atoms with Gasteiger partial charge < -0.3 is 5.32 Å². The lowest BCUT2D eigenvalue weighted by atomic mass is 10.2. The molecule has 94 valence electrons. The number of benzene rings is 1. The molecule has 3 rings (SSSR count). The van der Waals surface area contributed by atoms with Gasteiger partial charge in [-0.15, -0.1) is 11.3 Å². The molecule has 1 fully saturated rings. The molecule has 1 saturated heterocycles. The molecule has 0 bridgehead atoms. The lowest BCUT2D eigenvalue weighted by Crippen LogP contribution is -2.12. The van der Waals surface area contributed by atoms with E-state index < -0.39 is 0 Å². The van der Waals surface area contributed by atoms with Gasteiger partial charge in [0.15, 0.2) is 0 Å². The Hall–Kier alpha value is -0.610. The van der Waals surface area contributed by atoms with Crippen molar-refractivity contribution in [1.29, 1.82) is 0 Å². The van der Waals surface area contributed by atoms with Crippen LogP contribution in [0.4, 0.5) is 0 Å². The Morgan fingerprint density at radius 3 is 3.00 bits per heavy atom. The molecule has 1 aliphatic rings. The number of rotatable bonds is 2. The Kier molecular flexibility index (Phi) is 3.57. The molecule has 0 saturated carbocycles. The number of hydrogen-bond donors (Lipinski definition) is 1. The van der Waals surface area contributed by atoms with E-state index in [0.29, 0.717) is 16.1 Å². The van der Waals surface area contributed by atoms with E-state index in [4.69, 9.17) is 23.2 Å². The fourth-order valence-electron chi connectivity index (χ4n) is 2.17. The van der Waals surface area contributed by atoms with Gasteiger partial charge in [-0.25, -0.2) is 4.98 Å². The predicted molar refractivity (Wildman–Crippen MR) is 77.5 cm³/mol.